The molecule has 19 heavy (non-hydrogen) atoms. The van der Waals surface area contributed by atoms with Gasteiger partial charge in [-0.05, 0) is 17.7 Å². The van der Waals surface area contributed by atoms with Crippen molar-refractivity contribution in [1.82, 2.24) is 0 Å². The Hall–Kier alpha value is -2.47. The molecule has 0 N–H and O–H groups in total. The van der Waals surface area contributed by atoms with Crippen molar-refractivity contribution in [2.45, 2.75) is 13.0 Å². The van der Waals surface area contributed by atoms with Crippen molar-refractivity contribution in [2.24, 2.45) is 0 Å². The van der Waals surface area contributed by atoms with Crippen molar-refractivity contribution < 1.29 is 9.47 Å². The molecule has 3 nitrogen and oxygen atoms in total. The zero-order valence-corrected chi connectivity index (χ0v) is 10.6. The average Bonchev–Trinajstić information content (AvgIpc) is 2.47. The molecule has 0 aliphatic heterocycles. The Labute approximate surface area is 113 Å². The molecule has 0 aliphatic rings. The summed E-state index contributed by atoms with van der Waals surface area (Å²) < 4.78 is 11.1. The summed E-state index contributed by atoms with van der Waals surface area (Å²) in [6, 6.07) is 19.5. The Morgan fingerprint density at radius 2 is 1.63 bits per heavy atom. The Morgan fingerprint density at radius 1 is 0.895 bits per heavy atom. The monoisotopic (exact) mass is 253 g/mol. The fourth-order valence-electron chi connectivity index (χ4n) is 1.61. The van der Waals surface area contributed by atoms with Crippen molar-refractivity contribution in [3.8, 4) is 17.6 Å². The van der Waals surface area contributed by atoms with Gasteiger partial charge >= 0.3 is 0 Å². The molecule has 0 saturated carbocycles. The minimum absolute atomic E-state index is 0.384. The van der Waals surface area contributed by atoms with Gasteiger partial charge < -0.3 is 9.47 Å². The molecular formula is C16H15NO2. The minimum atomic E-state index is 0.384. The van der Waals surface area contributed by atoms with Crippen LogP contribution in [0.5, 0.6) is 11.5 Å². The fourth-order valence-corrected chi connectivity index (χ4v) is 1.61. The van der Waals surface area contributed by atoms with Gasteiger partial charge in [0, 0.05) is 6.07 Å². The first kappa shape index (κ1) is 13.0. The smallest absolute Gasteiger partial charge is 0.123 e. The lowest BCUT2D eigenvalue weighted by Crippen LogP contribution is -1.98. The summed E-state index contributed by atoms with van der Waals surface area (Å²) in [5, 5.41) is 8.45. The van der Waals surface area contributed by atoms with E-state index in [-0.39, 0.29) is 0 Å². The summed E-state index contributed by atoms with van der Waals surface area (Å²) in [6.07, 6.45) is 0.384. The highest BCUT2D eigenvalue weighted by Gasteiger charge is 1.99. The van der Waals surface area contributed by atoms with E-state index in [1.165, 1.54) is 0 Å². The summed E-state index contributed by atoms with van der Waals surface area (Å²) in [5.41, 5.74) is 1.12. The maximum Gasteiger partial charge on any atom is 0.123 e. The lowest BCUT2D eigenvalue weighted by Gasteiger charge is -2.08. The second kappa shape index (κ2) is 7.07. The lowest BCUT2D eigenvalue weighted by atomic mass is 10.2. The maximum absolute atomic E-state index is 8.45. The summed E-state index contributed by atoms with van der Waals surface area (Å²) in [5.74, 6) is 1.49. The maximum atomic E-state index is 8.45. The van der Waals surface area contributed by atoms with Crippen LogP contribution in [0.25, 0.3) is 0 Å². The molecule has 2 rings (SSSR count). The molecule has 3 heteroatoms. The third-order valence-electron chi connectivity index (χ3n) is 2.54. The van der Waals surface area contributed by atoms with Gasteiger partial charge in [0.25, 0.3) is 0 Å². The standard InChI is InChI=1S/C16H15NO2/c17-10-5-11-18-15-8-4-9-16(12-15)19-13-14-6-2-1-3-7-14/h1-4,6-9,12H,5,11,13H2. The van der Waals surface area contributed by atoms with Crippen LogP contribution in [0, 0.1) is 11.3 Å². The molecule has 0 spiro atoms. The van der Waals surface area contributed by atoms with Crippen molar-refractivity contribution in [2.75, 3.05) is 6.61 Å². The molecule has 0 atom stereocenters. The molecule has 0 bridgehead atoms. The van der Waals surface area contributed by atoms with E-state index in [9.17, 15) is 0 Å². The Bertz CT molecular complexity index is 546. The van der Waals surface area contributed by atoms with Crippen molar-refractivity contribution in [3.05, 3.63) is 60.2 Å². The van der Waals surface area contributed by atoms with Crippen molar-refractivity contribution in [3.63, 3.8) is 0 Å². The van der Waals surface area contributed by atoms with E-state index in [0.29, 0.717) is 19.6 Å². The highest BCUT2D eigenvalue weighted by Crippen LogP contribution is 2.20. The molecule has 2 aromatic carbocycles. The number of benzene rings is 2. The van der Waals surface area contributed by atoms with Crippen LogP contribution in [0.4, 0.5) is 0 Å². The van der Waals surface area contributed by atoms with Gasteiger partial charge in [-0.2, -0.15) is 5.26 Å². The zero-order valence-electron chi connectivity index (χ0n) is 10.6. The van der Waals surface area contributed by atoms with Crippen LogP contribution in [0.2, 0.25) is 0 Å². The Morgan fingerprint density at radius 3 is 2.37 bits per heavy atom. The summed E-state index contributed by atoms with van der Waals surface area (Å²) in [7, 11) is 0. The molecule has 0 unspecified atom stereocenters. The van der Waals surface area contributed by atoms with Crippen LogP contribution < -0.4 is 9.47 Å². The number of rotatable bonds is 6. The third kappa shape index (κ3) is 4.36. The third-order valence-corrected chi connectivity index (χ3v) is 2.54. The highest BCUT2D eigenvalue weighted by atomic mass is 16.5. The molecule has 2 aromatic rings. The number of hydrogen-bond acceptors (Lipinski definition) is 3. The van der Waals surface area contributed by atoms with E-state index < -0.39 is 0 Å². The van der Waals surface area contributed by atoms with Gasteiger partial charge in [-0.15, -0.1) is 0 Å². The minimum Gasteiger partial charge on any atom is -0.492 e. The largest absolute Gasteiger partial charge is 0.492 e. The first-order valence-electron chi connectivity index (χ1n) is 6.15. The van der Waals surface area contributed by atoms with Crippen LogP contribution in [-0.4, -0.2) is 6.61 Å². The predicted molar refractivity (Wildman–Crippen MR) is 72.9 cm³/mol. The van der Waals surface area contributed by atoms with E-state index in [1.54, 1.807) is 0 Å². The SMILES string of the molecule is N#CCCOc1cccc(OCc2ccccc2)c1. The molecule has 0 amide bonds. The number of hydrogen-bond donors (Lipinski definition) is 0. The first-order chi connectivity index (χ1) is 9.38. The van der Waals surface area contributed by atoms with Gasteiger partial charge in [-0.1, -0.05) is 36.4 Å². The van der Waals surface area contributed by atoms with Gasteiger partial charge in [-0.3, -0.25) is 0 Å². The van der Waals surface area contributed by atoms with Crippen LogP contribution in [0.15, 0.2) is 54.6 Å². The van der Waals surface area contributed by atoms with E-state index in [2.05, 4.69) is 0 Å². The molecule has 0 aromatic heterocycles. The molecule has 0 saturated heterocycles. The summed E-state index contributed by atoms with van der Waals surface area (Å²) in [6.45, 7) is 0.932. The van der Waals surface area contributed by atoms with Crippen molar-refractivity contribution in [1.29, 1.82) is 5.26 Å². The van der Waals surface area contributed by atoms with Gasteiger partial charge in [0.1, 0.15) is 24.7 Å². The lowest BCUT2D eigenvalue weighted by molar-refractivity contribution is 0.297. The first-order valence-corrected chi connectivity index (χ1v) is 6.15. The van der Waals surface area contributed by atoms with Gasteiger partial charge in [0.05, 0.1) is 12.5 Å². The number of nitriles is 1. The van der Waals surface area contributed by atoms with Crippen molar-refractivity contribution >= 4 is 0 Å². The Balaban J connectivity index is 1.90. The Kier molecular flexibility index (Phi) is 4.83. The molecule has 0 aliphatic carbocycles. The predicted octanol–water partition coefficient (Wildman–Crippen LogP) is 3.56. The summed E-state index contributed by atoms with van der Waals surface area (Å²) in [4.78, 5) is 0. The van der Waals surface area contributed by atoms with Crippen LogP contribution in [-0.2, 0) is 6.61 Å². The molecule has 96 valence electrons. The average molecular weight is 253 g/mol. The zero-order chi connectivity index (χ0) is 13.3. The van der Waals surface area contributed by atoms with Gasteiger partial charge in [0.2, 0.25) is 0 Å². The van der Waals surface area contributed by atoms with Gasteiger partial charge in [0.15, 0.2) is 0 Å². The normalized spacial score (nSPS) is 9.63. The second-order valence-corrected chi connectivity index (χ2v) is 4.01. The second-order valence-electron chi connectivity index (χ2n) is 4.01. The van der Waals surface area contributed by atoms with Crippen LogP contribution >= 0.6 is 0 Å². The van der Waals surface area contributed by atoms with Crippen LogP contribution in [0.1, 0.15) is 12.0 Å². The topological polar surface area (TPSA) is 42.2 Å². The van der Waals surface area contributed by atoms with E-state index in [4.69, 9.17) is 14.7 Å². The molecule has 0 fully saturated rings. The fraction of sp³-hybridized carbons (Fsp3) is 0.188. The quantitative estimate of drug-likeness (QED) is 0.739. The molecular weight excluding hydrogens is 238 g/mol. The highest BCUT2D eigenvalue weighted by molar-refractivity contribution is 5.33. The summed E-state index contributed by atoms with van der Waals surface area (Å²) >= 11 is 0. The van der Waals surface area contributed by atoms with Crippen LogP contribution in [0.3, 0.4) is 0 Å². The van der Waals surface area contributed by atoms with E-state index >= 15 is 0 Å². The molecule has 0 radical (unpaired) electrons. The molecule has 0 heterocycles. The number of ether oxygens (including phenoxy) is 2. The number of nitrogens with zero attached hydrogens (tertiary/aromatic N) is 1. The van der Waals surface area contributed by atoms with E-state index in [1.807, 2.05) is 60.7 Å². The van der Waals surface area contributed by atoms with E-state index in [0.717, 1.165) is 17.1 Å². The van der Waals surface area contributed by atoms with Gasteiger partial charge in [-0.25, -0.2) is 0 Å².